The minimum absolute atomic E-state index is 0.308. The van der Waals surface area contributed by atoms with Crippen molar-refractivity contribution in [2.24, 2.45) is 5.92 Å². The summed E-state index contributed by atoms with van der Waals surface area (Å²) in [5.74, 6) is -0.447. The number of rotatable bonds is 5. The van der Waals surface area contributed by atoms with Crippen molar-refractivity contribution in [1.29, 1.82) is 0 Å². The summed E-state index contributed by atoms with van der Waals surface area (Å²) in [5, 5.41) is 5.73. The minimum atomic E-state index is -0.723. The molecule has 1 aliphatic rings. The molecule has 5 nitrogen and oxygen atoms in total. The normalized spacial score (nSPS) is 21.0. The Bertz CT molecular complexity index is 594. The third kappa shape index (κ3) is 3.75. The molecule has 2 atom stereocenters. The first-order chi connectivity index (χ1) is 10.5. The molecular weight excluding hydrogens is 324 g/mol. The average molecular weight is 341 g/mol. The molecule has 0 aromatic heterocycles. The van der Waals surface area contributed by atoms with Gasteiger partial charge in [-0.1, -0.05) is 36.4 Å². The molecular formula is C15H17ClN2O3S. The van der Waals surface area contributed by atoms with Crippen molar-refractivity contribution in [2.75, 3.05) is 18.6 Å². The third-order valence-corrected chi connectivity index (χ3v) is 4.21. The van der Waals surface area contributed by atoms with Gasteiger partial charge >= 0.3 is 12.0 Å². The summed E-state index contributed by atoms with van der Waals surface area (Å²) >= 11 is 7.78. The molecule has 7 heteroatoms. The number of hydrogen-bond acceptors (Lipinski definition) is 4. The van der Waals surface area contributed by atoms with E-state index in [0.29, 0.717) is 28.6 Å². The average Bonchev–Trinajstić information content (AvgIpc) is 2.47. The van der Waals surface area contributed by atoms with E-state index < -0.39 is 24.0 Å². The van der Waals surface area contributed by atoms with Gasteiger partial charge in [0.1, 0.15) is 12.5 Å². The zero-order valence-corrected chi connectivity index (χ0v) is 13.7. The lowest BCUT2D eigenvalue weighted by atomic mass is 9.89. The van der Waals surface area contributed by atoms with Crippen LogP contribution in [-0.2, 0) is 9.53 Å². The van der Waals surface area contributed by atoms with Gasteiger partial charge in [-0.2, -0.15) is 11.8 Å². The van der Waals surface area contributed by atoms with Crippen molar-refractivity contribution in [2.45, 2.75) is 6.04 Å². The van der Waals surface area contributed by atoms with Crippen LogP contribution in [0.5, 0.6) is 0 Å². The Balaban J connectivity index is 2.26. The molecule has 1 saturated heterocycles. The number of hydrogen-bond donors (Lipinski definition) is 2. The fourth-order valence-corrected chi connectivity index (χ4v) is 2.77. The van der Waals surface area contributed by atoms with Gasteiger partial charge in [0.05, 0.1) is 6.04 Å². The molecule has 1 fully saturated rings. The summed E-state index contributed by atoms with van der Waals surface area (Å²) in [4.78, 5) is 24.1. The van der Waals surface area contributed by atoms with Gasteiger partial charge in [0, 0.05) is 16.5 Å². The van der Waals surface area contributed by atoms with Crippen molar-refractivity contribution in [3.63, 3.8) is 0 Å². The number of ether oxygens (including phenoxy) is 1. The van der Waals surface area contributed by atoms with E-state index in [-0.39, 0.29) is 0 Å². The van der Waals surface area contributed by atoms with Crippen LogP contribution >= 0.6 is 23.4 Å². The standard InChI is InChI=1S/C15H17ClN2O3S/c1-9-12(14(19)21-7-8-22-2)13(18-15(20)17-9)10-5-3-4-6-11(10)16/h3-6,12-13H,1,7-8H2,2H3,(H2,17,18,20)/t12-,13+/m0/s1. The van der Waals surface area contributed by atoms with Gasteiger partial charge in [-0.05, 0) is 17.9 Å². The van der Waals surface area contributed by atoms with Crippen LogP contribution in [0.2, 0.25) is 5.02 Å². The summed E-state index contributed by atoms with van der Waals surface area (Å²) < 4.78 is 5.26. The molecule has 1 heterocycles. The van der Waals surface area contributed by atoms with Crippen LogP contribution in [0.25, 0.3) is 0 Å². The third-order valence-electron chi connectivity index (χ3n) is 3.30. The Kier molecular flexibility index (Phi) is 5.74. The maximum atomic E-state index is 12.4. The van der Waals surface area contributed by atoms with Crippen LogP contribution < -0.4 is 10.6 Å². The van der Waals surface area contributed by atoms with Gasteiger partial charge in [-0.15, -0.1) is 0 Å². The maximum absolute atomic E-state index is 12.4. The lowest BCUT2D eigenvalue weighted by Crippen LogP contribution is -2.51. The quantitative estimate of drug-likeness (QED) is 0.639. The molecule has 2 rings (SSSR count). The predicted octanol–water partition coefficient (Wildman–Crippen LogP) is 2.73. The second-order valence-corrected chi connectivity index (χ2v) is 6.15. The Morgan fingerprint density at radius 1 is 1.45 bits per heavy atom. The molecule has 0 radical (unpaired) electrons. The molecule has 1 aromatic carbocycles. The highest BCUT2D eigenvalue weighted by Gasteiger charge is 2.39. The van der Waals surface area contributed by atoms with E-state index in [0.717, 1.165) is 0 Å². The summed E-state index contributed by atoms with van der Waals surface area (Å²) in [6.45, 7) is 4.09. The Labute approximate surface area is 138 Å². The van der Waals surface area contributed by atoms with Crippen molar-refractivity contribution in [1.82, 2.24) is 10.6 Å². The molecule has 0 saturated carbocycles. The van der Waals surface area contributed by atoms with Crippen molar-refractivity contribution in [3.05, 3.63) is 47.1 Å². The monoisotopic (exact) mass is 340 g/mol. The number of amides is 2. The van der Waals surface area contributed by atoms with E-state index in [1.54, 1.807) is 36.0 Å². The first-order valence-electron chi connectivity index (χ1n) is 6.71. The largest absolute Gasteiger partial charge is 0.464 e. The molecule has 118 valence electrons. The van der Waals surface area contributed by atoms with Gasteiger partial charge in [-0.3, -0.25) is 4.79 Å². The SMILES string of the molecule is C=C1NC(=O)N[C@H](c2ccccc2Cl)[C@H]1C(=O)OCCSC. The minimum Gasteiger partial charge on any atom is -0.464 e. The molecule has 1 aromatic rings. The molecule has 2 amide bonds. The van der Waals surface area contributed by atoms with Gasteiger partial charge in [-0.25, -0.2) is 4.79 Å². The molecule has 0 aliphatic carbocycles. The maximum Gasteiger partial charge on any atom is 0.319 e. The predicted molar refractivity (Wildman–Crippen MR) is 87.8 cm³/mol. The Morgan fingerprint density at radius 2 is 2.18 bits per heavy atom. The number of esters is 1. The second kappa shape index (κ2) is 7.56. The number of benzene rings is 1. The Morgan fingerprint density at radius 3 is 2.86 bits per heavy atom. The van der Waals surface area contributed by atoms with Gasteiger partial charge in [0.25, 0.3) is 0 Å². The first kappa shape index (κ1) is 16.7. The lowest BCUT2D eigenvalue weighted by Gasteiger charge is -2.33. The van der Waals surface area contributed by atoms with Crippen LogP contribution in [0, 0.1) is 5.92 Å². The fourth-order valence-electron chi connectivity index (χ4n) is 2.26. The van der Waals surface area contributed by atoms with Crippen LogP contribution in [-0.4, -0.2) is 30.6 Å². The number of carbonyl (C=O) groups excluding carboxylic acids is 2. The Hall–Kier alpha value is -1.66. The summed E-state index contributed by atoms with van der Waals surface area (Å²) in [6, 6.07) is 6.06. The van der Waals surface area contributed by atoms with Gasteiger partial charge in [0.15, 0.2) is 0 Å². The van der Waals surface area contributed by atoms with Crippen LogP contribution in [0.4, 0.5) is 4.79 Å². The fraction of sp³-hybridized carbons (Fsp3) is 0.333. The summed E-state index contributed by atoms with van der Waals surface area (Å²) in [6.07, 6.45) is 1.93. The molecule has 22 heavy (non-hydrogen) atoms. The van der Waals surface area contributed by atoms with Crippen LogP contribution in [0.15, 0.2) is 36.5 Å². The lowest BCUT2D eigenvalue weighted by molar-refractivity contribution is -0.147. The number of urea groups is 1. The summed E-state index contributed by atoms with van der Waals surface area (Å²) in [7, 11) is 0. The molecule has 0 bridgehead atoms. The zero-order valence-electron chi connectivity index (χ0n) is 12.1. The highest BCUT2D eigenvalue weighted by Crippen LogP contribution is 2.34. The second-order valence-electron chi connectivity index (χ2n) is 4.76. The van der Waals surface area contributed by atoms with E-state index in [1.165, 1.54) is 0 Å². The highest BCUT2D eigenvalue weighted by molar-refractivity contribution is 7.98. The van der Waals surface area contributed by atoms with E-state index in [4.69, 9.17) is 16.3 Å². The van der Waals surface area contributed by atoms with Gasteiger partial charge in [0.2, 0.25) is 0 Å². The topological polar surface area (TPSA) is 67.4 Å². The first-order valence-corrected chi connectivity index (χ1v) is 8.48. The smallest absolute Gasteiger partial charge is 0.319 e. The van der Waals surface area contributed by atoms with E-state index in [2.05, 4.69) is 17.2 Å². The molecule has 0 spiro atoms. The van der Waals surface area contributed by atoms with E-state index in [1.807, 2.05) is 6.26 Å². The molecule has 2 N–H and O–H groups in total. The van der Waals surface area contributed by atoms with E-state index >= 15 is 0 Å². The van der Waals surface area contributed by atoms with Crippen molar-refractivity contribution in [3.8, 4) is 0 Å². The number of thioether (sulfide) groups is 1. The number of halogens is 1. The zero-order chi connectivity index (χ0) is 16.1. The van der Waals surface area contributed by atoms with Crippen molar-refractivity contribution >= 4 is 35.4 Å². The number of nitrogens with one attached hydrogen (secondary N) is 2. The highest BCUT2D eigenvalue weighted by atomic mass is 35.5. The number of carbonyl (C=O) groups is 2. The van der Waals surface area contributed by atoms with Crippen LogP contribution in [0.1, 0.15) is 11.6 Å². The molecule has 1 aliphatic heterocycles. The van der Waals surface area contributed by atoms with Crippen molar-refractivity contribution < 1.29 is 14.3 Å². The molecule has 0 unspecified atom stereocenters. The van der Waals surface area contributed by atoms with Crippen LogP contribution in [0.3, 0.4) is 0 Å². The van der Waals surface area contributed by atoms with Gasteiger partial charge < -0.3 is 15.4 Å². The van der Waals surface area contributed by atoms with E-state index in [9.17, 15) is 9.59 Å². The summed E-state index contributed by atoms with van der Waals surface area (Å²) in [5.41, 5.74) is 0.967.